The number of anilines is 1. The summed E-state index contributed by atoms with van der Waals surface area (Å²) in [5.74, 6) is -0.0227. The van der Waals surface area contributed by atoms with Crippen molar-refractivity contribution in [2.45, 2.75) is 6.92 Å². The minimum absolute atomic E-state index is 0.0972. The van der Waals surface area contributed by atoms with Gasteiger partial charge in [0.15, 0.2) is 6.61 Å². The highest BCUT2D eigenvalue weighted by molar-refractivity contribution is 5.71. The van der Waals surface area contributed by atoms with E-state index in [1.807, 2.05) is 0 Å². The van der Waals surface area contributed by atoms with Crippen LogP contribution < -0.4 is 15.2 Å². The molecule has 2 aromatic rings. The highest BCUT2D eigenvalue weighted by atomic mass is 16.6. The summed E-state index contributed by atoms with van der Waals surface area (Å²) < 4.78 is 15.5. The molecule has 0 fully saturated rings. The summed E-state index contributed by atoms with van der Waals surface area (Å²) in [6.45, 7) is 1.41. The van der Waals surface area contributed by atoms with E-state index in [1.165, 1.54) is 18.2 Å². The number of nitrogen functional groups attached to an aromatic ring is 1. The quantitative estimate of drug-likeness (QED) is 0.359. The Bertz CT molecular complexity index is 747. The van der Waals surface area contributed by atoms with Gasteiger partial charge in [0, 0.05) is 12.1 Å². The fourth-order valence-electron chi connectivity index (χ4n) is 1.86. The van der Waals surface area contributed by atoms with Crippen molar-refractivity contribution in [2.24, 2.45) is 0 Å². The third kappa shape index (κ3) is 4.35. The van der Waals surface area contributed by atoms with Crippen molar-refractivity contribution in [1.29, 1.82) is 0 Å². The van der Waals surface area contributed by atoms with Gasteiger partial charge in [-0.15, -0.1) is 0 Å². The lowest BCUT2D eigenvalue weighted by Gasteiger charge is -2.10. The fraction of sp³-hybridized carbons (Fsp3) is 0.188. The predicted molar refractivity (Wildman–Crippen MR) is 86.2 cm³/mol. The highest BCUT2D eigenvalue weighted by Crippen LogP contribution is 2.34. The number of hydrogen-bond acceptors (Lipinski definition) is 7. The molecule has 0 aliphatic heterocycles. The van der Waals surface area contributed by atoms with Gasteiger partial charge in [0.2, 0.25) is 5.75 Å². The third-order valence-corrected chi connectivity index (χ3v) is 2.93. The molecular weight excluding hydrogens is 316 g/mol. The maximum atomic E-state index is 11.4. The molecule has 0 aromatic heterocycles. The molecule has 0 spiro atoms. The van der Waals surface area contributed by atoms with E-state index in [4.69, 9.17) is 19.9 Å². The normalized spacial score (nSPS) is 10.0. The van der Waals surface area contributed by atoms with Crippen LogP contribution in [0.5, 0.6) is 17.2 Å². The average molecular weight is 332 g/mol. The molecule has 0 bridgehead atoms. The van der Waals surface area contributed by atoms with Crippen molar-refractivity contribution in [1.82, 2.24) is 0 Å². The first-order valence-corrected chi connectivity index (χ1v) is 7.10. The van der Waals surface area contributed by atoms with Crippen LogP contribution in [0, 0.1) is 10.1 Å². The Balaban J connectivity index is 2.22. The summed E-state index contributed by atoms with van der Waals surface area (Å²) in [5, 5.41) is 11.1. The monoisotopic (exact) mass is 332 g/mol. The zero-order valence-corrected chi connectivity index (χ0v) is 12.9. The minimum Gasteiger partial charge on any atom is -0.475 e. The summed E-state index contributed by atoms with van der Waals surface area (Å²) in [4.78, 5) is 21.8. The topological polar surface area (TPSA) is 114 Å². The molecular formula is C16H16N2O6. The molecule has 0 atom stereocenters. The van der Waals surface area contributed by atoms with E-state index < -0.39 is 17.5 Å². The Morgan fingerprint density at radius 2 is 1.96 bits per heavy atom. The van der Waals surface area contributed by atoms with E-state index in [-0.39, 0.29) is 23.8 Å². The van der Waals surface area contributed by atoms with Crippen LogP contribution >= 0.6 is 0 Å². The Kier molecular flexibility index (Phi) is 5.56. The number of carbonyl (C=O) groups excluding carboxylic acids is 1. The third-order valence-electron chi connectivity index (χ3n) is 2.93. The van der Waals surface area contributed by atoms with Crippen LogP contribution in [0.4, 0.5) is 11.4 Å². The molecule has 0 heterocycles. The van der Waals surface area contributed by atoms with E-state index in [2.05, 4.69) is 0 Å². The number of rotatable bonds is 7. The molecule has 0 saturated carbocycles. The molecule has 24 heavy (non-hydrogen) atoms. The van der Waals surface area contributed by atoms with Crippen LogP contribution in [0.25, 0.3) is 0 Å². The second-order valence-electron chi connectivity index (χ2n) is 4.62. The van der Waals surface area contributed by atoms with Gasteiger partial charge in [0.25, 0.3) is 0 Å². The molecule has 126 valence electrons. The fourth-order valence-corrected chi connectivity index (χ4v) is 1.86. The second-order valence-corrected chi connectivity index (χ2v) is 4.62. The van der Waals surface area contributed by atoms with Gasteiger partial charge in [-0.25, -0.2) is 4.79 Å². The summed E-state index contributed by atoms with van der Waals surface area (Å²) in [6.07, 6.45) is 0. The number of nitro benzene ring substituents is 1. The van der Waals surface area contributed by atoms with Crippen molar-refractivity contribution in [3.05, 3.63) is 52.6 Å². The predicted octanol–water partition coefficient (Wildman–Crippen LogP) is 2.91. The number of ether oxygens (including phenoxy) is 3. The molecule has 8 nitrogen and oxygen atoms in total. The lowest BCUT2D eigenvalue weighted by molar-refractivity contribution is -0.385. The molecule has 2 rings (SSSR count). The SMILES string of the molecule is CCOC(=O)COc1cc(Oc2ccccc2N)ccc1[N+](=O)[O-]. The van der Waals surface area contributed by atoms with Crippen molar-refractivity contribution < 1.29 is 23.9 Å². The van der Waals surface area contributed by atoms with Crippen LogP contribution in [0.15, 0.2) is 42.5 Å². The van der Waals surface area contributed by atoms with Crippen LogP contribution in [-0.4, -0.2) is 24.1 Å². The van der Waals surface area contributed by atoms with E-state index in [0.717, 1.165) is 0 Å². The number of nitrogens with zero attached hydrogens (tertiary/aromatic N) is 1. The van der Waals surface area contributed by atoms with E-state index in [1.54, 1.807) is 31.2 Å². The number of benzene rings is 2. The molecule has 0 amide bonds. The van der Waals surface area contributed by atoms with Crippen molar-refractivity contribution in [3.8, 4) is 17.2 Å². The van der Waals surface area contributed by atoms with Crippen molar-refractivity contribution in [3.63, 3.8) is 0 Å². The summed E-state index contributed by atoms with van der Waals surface area (Å²) in [7, 11) is 0. The van der Waals surface area contributed by atoms with Gasteiger partial charge in [-0.1, -0.05) is 12.1 Å². The maximum absolute atomic E-state index is 11.4. The van der Waals surface area contributed by atoms with Gasteiger partial charge >= 0.3 is 11.7 Å². The number of hydrogen-bond donors (Lipinski definition) is 1. The first-order chi connectivity index (χ1) is 11.5. The van der Waals surface area contributed by atoms with Gasteiger partial charge in [0.1, 0.15) is 11.5 Å². The summed E-state index contributed by atoms with van der Waals surface area (Å²) >= 11 is 0. The van der Waals surface area contributed by atoms with E-state index >= 15 is 0 Å². The molecule has 0 unspecified atom stereocenters. The molecule has 2 aromatic carbocycles. The lowest BCUT2D eigenvalue weighted by Crippen LogP contribution is -2.15. The molecule has 0 saturated heterocycles. The first-order valence-electron chi connectivity index (χ1n) is 7.10. The largest absolute Gasteiger partial charge is 0.475 e. The zero-order chi connectivity index (χ0) is 17.5. The van der Waals surface area contributed by atoms with E-state index in [0.29, 0.717) is 11.4 Å². The van der Waals surface area contributed by atoms with Crippen LogP contribution in [0.2, 0.25) is 0 Å². The van der Waals surface area contributed by atoms with E-state index in [9.17, 15) is 14.9 Å². The lowest BCUT2D eigenvalue weighted by atomic mass is 10.2. The van der Waals surface area contributed by atoms with Gasteiger partial charge in [-0.3, -0.25) is 10.1 Å². The van der Waals surface area contributed by atoms with Crippen LogP contribution in [0.3, 0.4) is 0 Å². The molecule has 0 aliphatic carbocycles. The highest BCUT2D eigenvalue weighted by Gasteiger charge is 2.18. The van der Waals surface area contributed by atoms with Crippen molar-refractivity contribution in [2.75, 3.05) is 18.9 Å². The van der Waals surface area contributed by atoms with Crippen LogP contribution in [0.1, 0.15) is 6.92 Å². The Morgan fingerprint density at radius 1 is 1.21 bits per heavy atom. The number of para-hydroxylation sites is 2. The standard InChI is InChI=1S/C16H16N2O6/c1-2-22-16(19)10-23-15-9-11(7-8-13(15)18(20)21)24-14-6-4-3-5-12(14)17/h3-9H,2,10,17H2,1H3. The van der Waals surface area contributed by atoms with Gasteiger partial charge in [-0.05, 0) is 25.1 Å². The average Bonchev–Trinajstić information content (AvgIpc) is 2.55. The summed E-state index contributed by atoms with van der Waals surface area (Å²) in [6, 6.07) is 10.8. The number of carbonyl (C=O) groups is 1. The number of esters is 1. The second kappa shape index (κ2) is 7.82. The number of nitrogens with two attached hydrogens (primary N) is 1. The Morgan fingerprint density at radius 3 is 2.62 bits per heavy atom. The number of nitro groups is 1. The minimum atomic E-state index is -0.620. The maximum Gasteiger partial charge on any atom is 0.344 e. The smallest absolute Gasteiger partial charge is 0.344 e. The van der Waals surface area contributed by atoms with Gasteiger partial charge < -0.3 is 19.9 Å². The van der Waals surface area contributed by atoms with Gasteiger partial charge in [-0.2, -0.15) is 0 Å². The molecule has 8 heteroatoms. The molecule has 2 N–H and O–H groups in total. The van der Waals surface area contributed by atoms with Gasteiger partial charge in [0.05, 0.1) is 17.2 Å². The van der Waals surface area contributed by atoms with Crippen molar-refractivity contribution >= 4 is 17.3 Å². The molecule has 0 aliphatic rings. The Hall–Kier alpha value is -3.29. The molecule has 0 radical (unpaired) electrons. The zero-order valence-electron chi connectivity index (χ0n) is 12.9. The Labute approximate surface area is 137 Å². The summed E-state index contributed by atoms with van der Waals surface area (Å²) in [5.41, 5.74) is 5.93. The van der Waals surface area contributed by atoms with Crippen LogP contribution in [-0.2, 0) is 9.53 Å². The first kappa shape index (κ1) is 17.1.